The molecule has 1 aromatic rings. The first-order valence-corrected chi connectivity index (χ1v) is 7.72. The second-order valence-corrected chi connectivity index (χ2v) is 5.80. The van der Waals surface area contributed by atoms with Crippen LogP contribution in [0.15, 0.2) is 30.3 Å². The van der Waals surface area contributed by atoms with Crippen molar-refractivity contribution in [3.05, 3.63) is 35.9 Å². The molecule has 2 saturated heterocycles. The molecular formula is C16H23N3O2. The van der Waals surface area contributed by atoms with Gasteiger partial charge in [0.2, 0.25) is 0 Å². The van der Waals surface area contributed by atoms with Crippen LogP contribution in [-0.4, -0.2) is 49.3 Å². The Labute approximate surface area is 125 Å². The summed E-state index contributed by atoms with van der Waals surface area (Å²) in [4.78, 5) is 13.9. The number of ether oxygens (including phenoxy) is 1. The van der Waals surface area contributed by atoms with E-state index in [1.807, 2.05) is 35.2 Å². The van der Waals surface area contributed by atoms with Crippen LogP contribution in [0.2, 0.25) is 0 Å². The number of amides is 2. The molecule has 2 aliphatic rings. The molecule has 3 rings (SSSR count). The monoisotopic (exact) mass is 289 g/mol. The minimum Gasteiger partial charge on any atom is -0.381 e. The summed E-state index contributed by atoms with van der Waals surface area (Å²) in [5.74, 6) is 0. The molecule has 5 nitrogen and oxygen atoms in total. The zero-order valence-electron chi connectivity index (χ0n) is 12.3. The molecule has 0 radical (unpaired) electrons. The van der Waals surface area contributed by atoms with Crippen LogP contribution in [0.25, 0.3) is 0 Å². The van der Waals surface area contributed by atoms with Crippen molar-refractivity contribution in [2.24, 2.45) is 0 Å². The molecule has 0 aromatic heterocycles. The molecule has 0 saturated carbocycles. The summed E-state index contributed by atoms with van der Waals surface area (Å²) >= 11 is 0. The van der Waals surface area contributed by atoms with E-state index in [2.05, 4.69) is 10.6 Å². The van der Waals surface area contributed by atoms with Crippen LogP contribution in [0.5, 0.6) is 0 Å². The maximum absolute atomic E-state index is 12.0. The Balaban J connectivity index is 1.34. The number of urea groups is 1. The van der Waals surface area contributed by atoms with Crippen LogP contribution < -0.4 is 10.6 Å². The number of carbonyl (C=O) groups is 1. The van der Waals surface area contributed by atoms with Gasteiger partial charge in [0, 0.05) is 44.9 Å². The first-order chi connectivity index (χ1) is 10.3. The van der Waals surface area contributed by atoms with Crippen LogP contribution >= 0.6 is 0 Å². The highest BCUT2D eigenvalue weighted by Crippen LogP contribution is 2.13. The SMILES string of the molecule is O=C(NCc1ccccc1)N1CC(NC2CCOCC2)C1. The maximum atomic E-state index is 12.0. The van der Waals surface area contributed by atoms with Gasteiger partial charge in [-0.25, -0.2) is 4.79 Å². The number of hydrogen-bond donors (Lipinski definition) is 2. The number of nitrogens with zero attached hydrogens (tertiary/aromatic N) is 1. The van der Waals surface area contributed by atoms with Gasteiger partial charge in [-0.1, -0.05) is 30.3 Å². The molecule has 2 amide bonds. The molecule has 0 atom stereocenters. The third-order valence-electron chi connectivity index (χ3n) is 4.15. The first kappa shape index (κ1) is 14.4. The van der Waals surface area contributed by atoms with Gasteiger partial charge in [-0.2, -0.15) is 0 Å². The third kappa shape index (κ3) is 3.95. The highest BCUT2D eigenvalue weighted by molar-refractivity contribution is 5.75. The maximum Gasteiger partial charge on any atom is 0.317 e. The lowest BCUT2D eigenvalue weighted by atomic mass is 10.0. The zero-order valence-corrected chi connectivity index (χ0v) is 12.3. The minimum atomic E-state index is 0.0314. The number of carbonyl (C=O) groups excluding carboxylic acids is 1. The Bertz CT molecular complexity index is 454. The lowest BCUT2D eigenvalue weighted by molar-refractivity contribution is 0.0626. The van der Waals surface area contributed by atoms with Crippen molar-refractivity contribution in [2.75, 3.05) is 26.3 Å². The molecule has 5 heteroatoms. The van der Waals surface area contributed by atoms with Crippen molar-refractivity contribution < 1.29 is 9.53 Å². The molecule has 0 unspecified atom stereocenters. The molecule has 2 aliphatic heterocycles. The van der Waals surface area contributed by atoms with E-state index in [4.69, 9.17) is 4.74 Å². The topological polar surface area (TPSA) is 53.6 Å². The van der Waals surface area contributed by atoms with Crippen LogP contribution in [0.4, 0.5) is 4.79 Å². The van der Waals surface area contributed by atoms with Gasteiger partial charge in [-0.05, 0) is 18.4 Å². The van der Waals surface area contributed by atoms with Gasteiger partial charge in [0.25, 0.3) is 0 Å². The van der Waals surface area contributed by atoms with Crippen molar-refractivity contribution >= 4 is 6.03 Å². The predicted octanol–water partition coefficient (Wildman–Crippen LogP) is 1.35. The van der Waals surface area contributed by atoms with Crippen molar-refractivity contribution in [1.82, 2.24) is 15.5 Å². The van der Waals surface area contributed by atoms with Gasteiger partial charge < -0.3 is 20.3 Å². The summed E-state index contributed by atoms with van der Waals surface area (Å²) in [5.41, 5.74) is 1.13. The second-order valence-electron chi connectivity index (χ2n) is 5.80. The van der Waals surface area contributed by atoms with E-state index < -0.39 is 0 Å². The molecule has 114 valence electrons. The molecule has 2 heterocycles. The predicted molar refractivity (Wildman–Crippen MR) is 81.0 cm³/mol. The number of benzene rings is 1. The van der Waals surface area contributed by atoms with Crippen LogP contribution in [0, 0.1) is 0 Å². The molecule has 1 aromatic carbocycles. The smallest absolute Gasteiger partial charge is 0.317 e. The molecule has 2 fully saturated rings. The van der Waals surface area contributed by atoms with E-state index in [0.29, 0.717) is 18.6 Å². The van der Waals surface area contributed by atoms with Crippen molar-refractivity contribution in [3.63, 3.8) is 0 Å². The Morgan fingerprint density at radius 2 is 1.86 bits per heavy atom. The zero-order chi connectivity index (χ0) is 14.5. The van der Waals surface area contributed by atoms with Gasteiger partial charge in [0.05, 0.1) is 0 Å². The second kappa shape index (κ2) is 6.91. The number of nitrogens with one attached hydrogen (secondary N) is 2. The summed E-state index contributed by atoms with van der Waals surface area (Å²) in [6, 6.07) is 11.0. The molecule has 0 aliphatic carbocycles. The van der Waals surface area contributed by atoms with Crippen molar-refractivity contribution in [3.8, 4) is 0 Å². The highest BCUT2D eigenvalue weighted by atomic mass is 16.5. The number of likely N-dealkylation sites (tertiary alicyclic amines) is 1. The summed E-state index contributed by atoms with van der Waals surface area (Å²) in [5, 5.41) is 6.58. The van der Waals surface area contributed by atoms with E-state index in [1.165, 1.54) is 0 Å². The normalized spacial score (nSPS) is 20.1. The van der Waals surface area contributed by atoms with Crippen molar-refractivity contribution in [2.45, 2.75) is 31.5 Å². The van der Waals surface area contributed by atoms with Crippen LogP contribution in [-0.2, 0) is 11.3 Å². The third-order valence-corrected chi connectivity index (χ3v) is 4.15. The molecule has 0 spiro atoms. The Morgan fingerprint density at radius 1 is 1.14 bits per heavy atom. The van der Waals surface area contributed by atoms with Crippen molar-refractivity contribution in [1.29, 1.82) is 0 Å². The Kier molecular flexibility index (Phi) is 4.72. The lowest BCUT2D eigenvalue weighted by Gasteiger charge is -2.42. The van der Waals surface area contributed by atoms with Gasteiger partial charge >= 0.3 is 6.03 Å². The fourth-order valence-electron chi connectivity index (χ4n) is 2.83. The van der Waals surface area contributed by atoms with E-state index in [1.54, 1.807) is 0 Å². The average molecular weight is 289 g/mol. The van der Waals surface area contributed by atoms with Gasteiger partial charge in [-0.3, -0.25) is 0 Å². The van der Waals surface area contributed by atoms with Crippen LogP contribution in [0.1, 0.15) is 18.4 Å². The van der Waals surface area contributed by atoms with E-state index in [-0.39, 0.29) is 6.03 Å². The molecule has 21 heavy (non-hydrogen) atoms. The quantitative estimate of drug-likeness (QED) is 0.880. The molecule has 2 N–H and O–H groups in total. The first-order valence-electron chi connectivity index (χ1n) is 7.72. The minimum absolute atomic E-state index is 0.0314. The fraction of sp³-hybridized carbons (Fsp3) is 0.562. The van der Waals surface area contributed by atoms with E-state index in [9.17, 15) is 4.79 Å². The van der Waals surface area contributed by atoms with E-state index >= 15 is 0 Å². The summed E-state index contributed by atoms with van der Waals surface area (Å²) in [6.07, 6.45) is 2.16. The van der Waals surface area contributed by atoms with Gasteiger partial charge in [0.15, 0.2) is 0 Å². The van der Waals surface area contributed by atoms with E-state index in [0.717, 1.165) is 44.7 Å². The number of hydrogen-bond acceptors (Lipinski definition) is 3. The standard InChI is InChI=1S/C16H23N3O2/c20-16(17-10-13-4-2-1-3-5-13)19-11-15(12-19)18-14-6-8-21-9-7-14/h1-5,14-15,18H,6-12H2,(H,17,20). The molecule has 0 bridgehead atoms. The molecular weight excluding hydrogens is 266 g/mol. The highest BCUT2D eigenvalue weighted by Gasteiger charge is 2.32. The summed E-state index contributed by atoms with van der Waals surface area (Å²) in [6.45, 7) is 3.90. The number of rotatable bonds is 4. The summed E-state index contributed by atoms with van der Waals surface area (Å²) in [7, 11) is 0. The van der Waals surface area contributed by atoms with Crippen LogP contribution in [0.3, 0.4) is 0 Å². The summed E-state index contributed by atoms with van der Waals surface area (Å²) < 4.78 is 5.35. The average Bonchev–Trinajstić information content (AvgIpc) is 2.50. The lowest BCUT2D eigenvalue weighted by Crippen LogP contribution is -2.63. The largest absolute Gasteiger partial charge is 0.381 e. The van der Waals surface area contributed by atoms with Gasteiger partial charge in [-0.15, -0.1) is 0 Å². The fourth-order valence-corrected chi connectivity index (χ4v) is 2.83. The Hall–Kier alpha value is -1.59. The van der Waals surface area contributed by atoms with Gasteiger partial charge in [0.1, 0.15) is 0 Å². The Morgan fingerprint density at radius 3 is 2.57 bits per heavy atom.